The smallest absolute Gasteiger partial charge is 0.115 e. The van der Waals surface area contributed by atoms with Crippen molar-refractivity contribution in [2.75, 3.05) is 6.54 Å². The first kappa shape index (κ1) is 11.7. The predicted molar refractivity (Wildman–Crippen MR) is 67.1 cm³/mol. The minimum Gasteiger partial charge on any atom is -0.329 e. The van der Waals surface area contributed by atoms with E-state index < -0.39 is 0 Å². The van der Waals surface area contributed by atoms with E-state index in [4.69, 9.17) is 5.73 Å². The average Bonchev–Trinajstić information content (AvgIpc) is 2.42. The van der Waals surface area contributed by atoms with Gasteiger partial charge in [-0.2, -0.15) is 0 Å². The van der Waals surface area contributed by atoms with Crippen molar-refractivity contribution in [3.63, 3.8) is 0 Å². The second kappa shape index (κ2) is 6.08. The van der Waals surface area contributed by atoms with Gasteiger partial charge >= 0.3 is 0 Å². The summed E-state index contributed by atoms with van der Waals surface area (Å²) in [4.78, 5) is 8.11. The molecule has 2 aromatic rings. The quantitative estimate of drug-likeness (QED) is 0.809. The number of aromatic nitrogens is 2. The molecule has 2 rings (SSSR count). The molecule has 3 N–H and O–H groups in total. The molecule has 0 amide bonds. The summed E-state index contributed by atoms with van der Waals surface area (Å²) in [6.07, 6.45) is 3.28. The van der Waals surface area contributed by atoms with Crippen molar-refractivity contribution in [1.29, 1.82) is 0 Å². The first-order valence-corrected chi connectivity index (χ1v) is 5.63. The first-order chi connectivity index (χ1) is 8.40. The first-order valence-electron chi connectivity index (χ1n) is 5.63. The Morgan fingerprint density at radius 3 is 2.65 bits per heavy atom. The zero-order valence-corrected chi connectivity index (χ0v) is 9.58. The number of nitrogens with one attached hydrogen (secondary N) is 1. The van der Waals surface area contributed by atoms with E-state index in [1.807, 2.05) is 24.3 Å². The van der Waals surface area contributed by atoms with Crippen LogP contribution in [0.1, 0.15) is 17.3 Å². The van der Waals surface area contributed by atoms with E-state index in [9.17, 15) is 0 Å². The van der Waals surface area contributed by atoms with Crippen LogP contribution in [0.5, 0.6) is 0 Å². The Morgan fingerprint density at radius 2 is 2.00 bits per heavy atom. The van der Waals surface area contributed by atoms with E-state index in [0.29, 0.717) is 6.54 Å². The molecule has 88 valence electrons. The lowest BCUT2D eigenvalue weighted by molar-refractivity contribution is 0.528. The van der Waals surface area contributed by atoms with E-state index in [0.717, 1.165) is 12.2 Å². The fraction of sp³-hybridized carbons (Fsp3) is 0.231. The van der Waals surface area contributed by atoms with Crippen LogP contribution in [0.2, 0.25) is 0 Å². The summed E-state index contributed by atoms with van der Waals surface area (Å²) in [5.74, 6) is 0. The maximum absolute atomic E-state index is 5.75. The highest BCUT2D eigenvalue weighted by atomic mass is 15.0. The lowest BCUT2D eigenvalue weighted by Crippen LogP contribution is -2.28. The van der Waals surface area contributed by atoms with Gasteiger partial charge in [0.2, 0.25) is 0 Å². The molecule has 17 heavy (non-hydrogen) atoms. The third-order valence-corrected chi connectivity index (χ3v) is 2.59. The molecule has 0 radical (unpaired) electrons. The van der Waals surface area contributed by atoms with E-state index in [1.54, 1.807) is 12.5 Å². The van der Waals surface area contributed by atoms with Crippen LogP contribution in [0.25, 0.3) is 0 Å². The minimum atomic E-state index is 0.0678. The molecule has 1 aromatic carbocycles. The number of benzene rings is 1. The maximum atomic E-state index is 5.75. The molecule has 1 atom stereocenters. The molecular weight excluding hydrogens is 212 g/mol. The van der Waals surface area contributed by atoms with Crippen molar-refractivity contribution in [3.8, 4) is 0 Å². The third kappa shape index (κ3) is 3.34. The molecule has 1 aromatic heterocycles. The summed E-state index contributed by atoms with van der Waals surface area (Å²) >= 11 is 0. The number of nitrogens with zero attached hydrogens (tertiary/aromatic N) is 2. The molecule has 0 aliphatic carbocycles. The molecule has 0 bridgehead atoms. The molecule has 4 heteroatoms. The summed E-state index contributed by atoms with van der Waals surface area (Å²) in [5.41, 5.74) is 7.91. The molecule has 0 spiro atoms. The molecule has 1 unspecified atom stereocenters. The van der Waals surface area contributed by atoms with Gasteiger partial charge in [-0.05, 0) is 11.6 Å². The van der Waals surface area contributed by atoms with Gasteiger partial charge in [0.1, 0.15) is 6.33 Å². The lowest BCUT2D eigenvalue weighted by Gasteiger charge is -2.15. The highest BCUT2D eigenvalue weighted by molar-refractivity contribution is 5.15. The van der Waals surface area contributed by atoms with Crippen molar-refractivity contribution in [1.82, 2.24) is 15.3 Å². The van der Waals surface area contributed by atoms with Crippen molar-refractivity contribution in [3.05, 3.63) is 60.2 Å². The van der Waals surface area contributed by atoms with Crippen molar-refractivity contribution < 1.29 is 0 Å². The zero-order valence-electron chi connectivity index (χ0n) is 9.58. The lowest BCUT2D eigenvalue weighted by atomic mass is 10.1. The Kier molecular flexibility index (Phi) is 4.18. The zero-order chi connectivity index (χ0) is 11.9. The fourth-order valence-corrected chi connectivity index (χ4v) is 1.65. The Morgan fingerprint density at radius 1 is 1.18 bits per heavy atom. The van der Waals surface area contributed by atoms with Gasteiger partial charge in [-0.1, -0.05) is 30.3 Å². The van der Waals surface area contributed by atoms with Gasteiger partial charge in [-0.3, -0.25) is 0 Å². The van der Waals surface area contributed by atoms with E-state index in [1.165, 1.54) is 5.56 Å². The summed E-state index contributed by atoms with van der Waals surface area (Å²) in [6, 6.07) is 12.2. The Bertz CT molecular complexity index is 430. The van der Waals surface area contributed by atoms with Gasteiger partial charge in [0.05, 0.1) is 11.7 Å². The van der Waals surface area contributed by atoms with Crippen LogP contribution in [-0.2, 0) is 6.54 Å². The van der Waals surface area contributed by atoms with Gasteiger partial charge in [-0.25, -0.2) is 9.97 Å². The van der Waals surface area contributed by atoms with Gasteiger partial charge in [-0.15, -0.1) is 0 Å². The molecule has 0 aliphatic rings. The van der Waals surface area contributed by atoms with Crippen LogP contribution in [0.4, 0.5) is 0 Å². The van der Waals surface area contributed by atoms with Gasteiger partial charge in [0.15, 0.2) is 0 Å². The maximum Gasteiger partial charge on any atom is 0.115 e. The third-order valence-electron chi connectivity index (χ3n) is 2.59. The molecule has 1 heterocycles. The Labute approximate surface area is 101 Å². The molecule has 4 nitrogen and oxygen atoms in total. The van der Waals surface area contributed by atoms with Crippen LogP contribution < -0.4 is 11.1 Å². The van der Waals surface area contributed by atoms with Crippen LogP contribution >= 0.6 is 0 Å². The standard InChI is InChI=1S/C13H16N4/c14-8-13(12-6-7-15-10-17-12)16-9-11-4-2-1-3-5-11/h1-7,10,13,16H,8-9,14H2. The second-order valence-electron chi connectivity index (χ2n) is 3.79. The van der Waals surface area contributed by atoms with Crippen LogP contribution in [-0.4, -0.2) is 16.5 Å². The van der Waals surface area contributed by atoms with Gasteiger partial charge in [0, 0.05) is 19.3 Å². The molecule has 0 fully saturated rings. The highest BCUT2D eigenvalue weighted by Crippen LogP contribution is 2.08. The van der Waals surface area contributed by atoms with Crippen molar-refractivity contribution in [2.45, 2.75) is 12.6 Å². The number of hydrogen-bond acceptors (Lipinski definition) is 4. The fourth-order valence-electron chi connectivity index (χ4n) is 1.65. The number of rotatable bonds is 5. The molecule has 0 saturated carbocycles. The van der Waals surface area contributed by atoms with Crippen LogP contribution in [0, 0.1) is 0 Å². The number of hydrogen-bond donors (Lipinski definition) is 2. The van der Waals surface area contributed by atoms with E-state index in [2.05, 4.69) is 27.4 Å². The minimum absolute atomic E-state index is 0.0678. The van der Waals surface area contributed by atoms with Crippen LogP contribution in [0.15, 0.2) is 48.9 Å². The van der Waals surface area contributed by atoms with E-state index >= 15 is 0 Å². The average molecular weight is 228 g/mol. The van der Waals surface area contributed by atoms with Crippen molar-refractivity contribution in [2.24, 2.45) is 5.73 Å². The topological polar surface area (TPSA) is 63.8 Å². The molecule has 0 saturated heterocycles. The van der Waals surface area contributed by atoms with Gasteiger partial charge in [0.25, 0.3) is 0 Å². The monoisotopic (exact) mass is 228 g/mol. The molecular formula is C13H16N4. The summed E-state index contributed by atoms with van der Waals surface area (Å²) in [7, 11) is 0. The Hall–Kier alpha value is -1.78. The highest BCUT2D eigenvalue weighted by Gasteiger charge is 2.09. The van der Waals surface area contributed by atoms with Crippen LogP contribution in [0.3, 0.4) is 0 Å². The SMILES string of the molecule is NCC(NCc1ccccc1)c1ccncn1. The predicted octanol–water partition coefficient (Wildman–Crippen LogP) is 1.27. The summed E-state index contributed by atoms with van der Waals surface area (Å²) in [5, 5.41) is 3.39. The second-order valence-corrected chi connectivity index (χ2v) is 3.79. The Balaban J connectivity index is 1.97. The number of nitrogens with two attached hydrogens (primary N) is 1. The largest absolute Gasteiger partial charge is 0.329 e. The normalized spacial score (nSPS) is 12.3. The van der Waals surface area contributed by atoms with E-state index in [-0.39, 0.29) is 6.04 Å². The van der Waals surface area contributed by atoms with Crippen molar-refractivity contribution >= 4 is 0 Å². The summed E-state index contributed by atoms with van der Waals surface area (Å²) in [6.45, 7) is 1.30. The van der Waals surface area contributed by atoms with Gasteiger partial charge < -0.3 is 11.1 Å². The molecule has 0 aliphatic heterocycles. The summed E-state index contributed by atoms with van der Waals surface area (Å²) < 4.78 is 0.